The molecule has 0 unspecified atom stereocenters. The number of aryl methyl sites for hydroxylation is 1. The van der Waals surface area contributed by atoms with Crippen molar-refractivity contribution in [3.63, 3.8) is 0 Å². The molecule has 0 aliphatic rings. The fraction of sp³-hybridized carbons (Fsp3) is 0.172. The molecule has 39 heavy (non-hydrogen) atoms. The smallest absolute Gasteiger partial charge is 0.417 e. The number of fused-ring (bicyclic) bond motifs is 1. The zero-order chi connectivity index (χ0) is 28.4. The molecule has 2 heterocycles. The maximum Gasteiger partial charge on any atom is 0.417 e. The number of nitrogens with zero attached hydrogens (tertiary/aromatic N) is 3. The Bertz CT molecular complexity index is 1650. The van der Waals surface area contributed by atoms with E-state index in [4.69, 9.17) is 0 Å². The largest absolute Gasteiger partial charge is 0.464 e. The zero-order valence-corrected chi connectivity index (χ0v) is 21.9. The maximum absolute atomic E-state index is 14.9. The minimum absolute atomic E-state index is 0.0911. The number of pyridine rings is 2. The summed E-state index contributed by atoms with van der Waals surface area (Å²) < 4.78 is 16.4. The molecule has 0 spiro atoms. The first-order chi connectivity index (χ1) is 18.5. The van der Waals surface area contributed by atoms with E-state index in [0.717, 1.165) is 4.90 Å². The van der Waals surface area contributed by atoms with E-state index in [-0.39, 0.29) is 34.4 Å². The molecule has 4 aromatic rings. The van der Waals surface area contributed by atoms with Crippen LogP contribution in [0.4, 0.5) is 31.2 Å². The first kappa shape index (κ1) is 27.1. The lowest BCUT2D eigenvalue weighted by Gasteiger charge is -2.21. The lowest BCUT2D eigenvalue weighted by molar-refractivity contribution is 0.203. The van der Waals surface area contributed by atoms with E-state index in [1.54, 1.807) is 44.2 Å². The van der Waals surface area contributed by atoms with Crippen LogP contribution in [0.2, 0.25) is 0 Å². The number of hydrogen-bond donors (Lipinski definition) is 3. The fourth-order valence-electron chi connectivity index (χ4n) is 4.37. The molecule has 0 saturated carbocycles. The van der Waals surface area contributed by atoms with Gasteiger partial charge >= 0.3 is 12.1 Å². The van der Waals surface area contributed by atoms with Crippen LogP contribution in [0.3, 0.4) is 0 Å². The molecule has 0 aliphatic carbocycles. The van der Waals surface area contributed by atoms with Gasteiger partial charge < -0.3 is 20.3 Å². The molecule has 0 saturated heterocycles. The first-order valence-electron chi connectivity index (χ1n) is 12.2. The van der Waals surface area contributed by atoms with Gasteiger partial charge in [0.15, 0.2) is 0 Å². The molecule has 3 N–H and O–H groups in total. The molecule has 0 atom stereocenters. The summed E-state index contributed by atoms with van der Waals surface area (Å²) in [6, 6.07) is 13.6. The molecule has 2 aromatic carbocycles. The van der Waals surface area contributed by atoms with E-state index in [0.29, 0.717) is 27.7 Å². The van der Waals surface area contributed by atoms with Crippen molar-refractivity contribution in [3.8, 4) is 11.1 Å². The Hall–Kier alpha value is -4.99. The summed E-state index contributed by atoms with van der Waals surface area (Å²) in [6.07, 6.45) is 0.235. The standard InChI is InChI=1S/C29H28FN5O4/c1-16(2)34-25-14-26(35(17(3)4)29(38)39)31-15-19(25)12-22(27(34)36)21-13-24(23(30)11-18(21)5)33-28(37)32-20-9-7-6-8-10-20/h6-16H,3H2,1-2,4-5H3,(H,38,39)(H2,32,33,37). The average molecular weight is 530 g/mol. The van der Waals surface area contributed by atoms with Gasteiger partial charge in [0, 0.05) is 40.6 Å². The van der Waals surface area contributed by atoms with Gasteiger partial charge in [-0.2, -0.15) is 0 Å². The quantitative estimate of drug-likeness (QED) is 0.255. The van der Waals surface area contributed by atoms with Crippen LogP contribution < -0.4 is 21.1 Å². The molecular weight excluding hydrogens is 501 g/mol. The summed E-state index contributed by atoms with van der Waals surface area (Å²) in [5, 5.41) is 15.3. The number of halogens is 1. The third kappa shape index (κ3) is 5.49. The van der Waals surface area contributed by atoms with Crippen LogP contribution in [0.5, 0.6) is 0 Å². The Morgan fingerprint density at radius 1 is 1.08 bits per heavy atom. The summed E-state index contributed by atoms with van der Waals surface area (Å²) >= 11 is 0. The third-order valence-corrected chi connectivity index (χ3v) is 6.11. The van der Waals surface area contributed by atoms with Gasteiger partial charge in [0.2, 0.25) is 0 Å². The number of amides is 3. The molecule has 200 valence electrons. The van der Waals surface area contributed by atoms with Crippen molar-refractivity contribution in [1.82, 2.24) is 9.55 Å². The van der Waals surface area contributed by atoms with E-state index >= 15 is 0 Å². The van der Waals surface area contributed by atoms with Gasteiger partial charge in [0.05, 0.1) is 11.2 Å². The van der Waals surface area contributed by atoms with Crippen LogP contribution in [0.1, 0.15) is 32.4 Å². The van der Waals surface area contributed by atoms with Crippen molar-refractivity contribution in [2.45, 2.75) is 33.7 Å². The van der Waals surface area contributed by atoms with Gasteiger partial charge in [0.25, 0.3) is 5.56 Å². The highest BCUT2D eigenvalue weighted by Crippen LogP contribution is 2.31. The number of para-hydroxylation sites is 1. The average Bonchev–Trinajstić information content (AvgIpc) is 2.85. The molecular formula is C29H28FN5O4. The summed E-state index contributed by atoms with van der Waals surface area (Å²) in [6.45, 7) is 10.6. The van der Waals surface area contributed by atoms with Crippen molar-refractivity contribution in [2.75, 3.05) is 15.5 Å². The van der Waals surface area contributed by atoms with Gasteiger partial charge in [-0.15, -0.1) is 0 Å². The Labute approximate surface area is 224 Å². The summed E-state index contributed by atoms with van der Waals surface area (Å²) in [4.78, 5) is 43.3. The zero-order valence-electron chi connectivity index (χ0n) is 21.9. The molecule has 0 bridgehead atoms. The van der Waals surface area contributed by atoms with Gasteiger partial charge in [-0.05, 0) is 69.2 Å². The second-order valence-electron chi connectivity index (χ2n) is 9.37. The number of hydrogen-bond acceptors (Lipinski definition) is 4. The normalized spacial score (nSPS) is 10.9. The Balaban J connectivity index is 1.82. The van der Waals surface area contributed by atoms with Crippen molar-refractivity contribution in [1.29, 1.82) is 0 Å². The highest BCUT2D eigenvalue weighted by atomic mass is 19.1. The minimum Gasteiger partial charge on any atom is -0.464 e. The van der Waals surface area contributed by atoms with Crippen LogP contribution in [0, 0.1) is 12.7 Å². The predicted octanol–water partition coefficient (Wildman–Crippen LogP) is 6.75. The summed E-state index contributed by atoms with van der Waals surface area (Å²) in [7, 11) is 0. The fourth-order valence-corrected chi connectivity index (χ4v) is 4.37. The van der Waals surface area contributed by atoms with Gasteiger partial charge in [0.1, 0.15) is 11.6 Å². The molecule has 9 nitrogen and oxygen atoms in total. The minimum atomic E-state index is -1.25. The predicted molar refractivity (Wildman–Crippen MR) is 151 cm³/mol. The van der Waals surface area contributed by atoms with Crippen LogP contribution in [-0.4, -0.2) is 26.8 Å². The number of urea groups is 1. The second-order valence-corrected chi connectivity index (χ2v) is 9.37. The van der Waals surface area contributed by atoms with Crippen LogP contribution in [0.15, 0.2) is 77.9 Å². The van der Waals surface area contributed by atoms with Crippen LogP contribution >= 0.6 is 0 Å². The van der Waals surface area contributed by atoms with E-state index < -0.39 is 17.9 Å². The summed E-state index contributed by atoms with van der Waals surface area (Å²) in [5.74, 6) is -0.540. The molecule has 10 heteroatoms. The number of anilines is 3. The van der Waals surface area contributed by atoms with E-state index in [2.05, 4.69) is 22.2 Å². The lowest BCUT2D eigenvalue weighted by Crippen LogP contribution is -2.28. The molecule has 4 rings (SSSR count). The van der Waals surface area contributed by atoms with Crippen molar-refractivity contribution in [3.05, 3.63) is 94.8 Å². The lowest BCUT2D eigenvalue weighted by atomic mass is 9.99. The monoisotopic (exact) mass is 529 g/mol. The number of benzene rings is 2. The second kappa shape index (κ2) is 10.8. The van der Waals surface area contributed by atoms with Crippen molar-refractivity contribution in [2.24, 2.45) is 0 Å². The van der Waals surface area contributed by atoms with Crippen molar-refractivity contribution < 1.29 is 19.1 Å². The van der Waals surface area contributed by atoms with Crippen LogP contribution in [0.25, 0.3) is 22.0 Å². The van der Waals surface area contributed by atoms with Gasteiger partial charge in [-0.25, -0.2) is 23.9 Å². The molecule has 2 aromatic heterocycles. The highest BCUT2D eigenvalue weighted by Gasteiger charge is 2.21. The Kier molecular flexibility index (Phi) is 7.48. The SMILES string of the molecule is C=C(C)N(C(=O)O)c1cc2c(cn1)cc(-c1cc(NC(=O)Nc3ccccc3)c(F)cc1C)c(=O)n2C(C)C. The number of carbonyl (C=O) groups excluding carboxylic acids is 1. The highest BCUT2D eigenvalue weighted by molar-refractivity contribution is 6.00. The number of nitrogens with one attached hydrogen (secondary N) is 2. The topological polar surface area (TPSA) is 117 Å². The maximum atomic E-state index is 14.9. The first-order valence-corrected chi connectivity index (χ1v) is 12.2. The molecule has 3 amide bonds. The molecule has 0 aliphatic heterocycles. The van der Waals surface area contributed by atoms with Gasteiger partial charge in [-0.3, -0.25) is 4.79 Å². The Morgan fingerprint density at radius 3 is 2.38 bits per heavy atom. The molecule has 0 radical (unpaired) electrons. The summed E-state index contributed by atoms with van der Waals surface area (Å²) in [5.41, 5.74) is 2.04. The van der Waals surface area contributed by atoms with Crippen molar-refractivity contribution >= 4 is 40.2 Å². The third-order valence-electron chi connectivity index (χ3n) is 6.11. The number of allylic oxidation sites excluding steroid dienone is 1. The van der Waals surface area contributed by atoms with Crippen LogP contribution in [-0.2, 0) is 0 Å². The number of rotatable bonds is 6. The van der Waals surface area contributed by atoms with Gasteiger partial charge in [-0.1, -0.05) is 24.8 Å². The molecule has 0 fully saturated rings. The number of carbonyl (C=O) groups is 2. The van der Waals surface area contributed by atoms with E-state index in [9.17, 15) is 23.9 Å². The van der Waals surface area contributed by atoms with E-state index in [1.165, 1.54) is 29.0 Å². The number of carboxylic acid groups (broad SMARTS) is 1. The number of aromatic nitrogens is 2. The van der Waals surface area contributed by atoms with E-state index in [1.807, 2.05) is 19.9 Å². The Morgan fingerprint density at radius 2 is 1.77 bits per heavy atom.